The maximum atomic E-state index is 13.4. The monoisotopic (exact) mass is 459 g/mol. The second-order valence-electron chi connectivity index (χ2n) is 8.26. The Morgan fingerprint density at radius 3 is 2.61 bits per heavy atom. The molecule has 0 saturated heterocycles. The third kappa shape index (κ3) is 4.10. The number of amides is 1. The molecule has 166 valence electrons. The highest BCUT2D eigenvalue weighted by atomic mass is 35.5. The standard InChI is InChI=1S/C26H22ClN3O3/c27-19-8-5-6-17(14-19)15-30-25(32)21-10-3-4-11-23(21)29(26(30)33)16-24(31)28-22-13-12-18-7-1-2-9-20(18)22/h1-11,14,22H,12-13,15-16H2,(H,28,31)/t22-/m1/s1. The molecule has 1 N–H and O–H groups in total. The number of para-hydroxylation sites is 1. The number of hydrogen-bond acceptors (Lipinski definition) is 3. The van der Waals surface area contributed by atoms with Gasteiger partial charge in [-0.1, -0.05) is 60.1 Å². The van der Waals surface area contributed by atoms with E-state index in [1.54, 1.807) is 42.5 Å². The van der Waals surface area contributed by atoms with Crippen LogP contribution in [-0.4, -0.2) is 15.0 Å². The Morgan fingerprint density at radius 2 is 1.76 bits per heavy atom. The molecule has 0 unspecified atom stereocenters. The highest BCUT2D eigenvalue weighted by Crippen LogP contribution is 2.30. The van der Waals surface area contributed by atoms with Crippen LogP contribution < -0.4 is 16.6 Å². The number of nitrogens with zero attached hydrogens (tertiary/aromatic N) is 2. The van der Waals surface area contributed by atoms with Crippen molar-refractivity contribution in [2.24, 2.45) is 0 Å². The van der Waals surface area contributed by atoms with E-state index in [1.165, 1.54) is 10.1 Å². The van der Waals surface area contributed by atoms with Crippen LogP contribution >= 0.6 is 11.6 Å². The van der Waals surface area contributed by atoms with Crippen molar-refractivity contribution in [3.05, 3.63) is 115 Å². The summed E-state index contributed by atoms with van der Waals surface area (Å²) in [6.07, 6.45) is 1.74. The van der Waals surface area contributed by atoms with E-state index in [4.69, 9.17) is 11.6 Å². The van der Waals surface area contributed by atoms with Gasteiger partial charge in [0.1, 0.15) is 6.54 Å². The number of nitrogens with one attached hydrogen (secondary N) is 1. The van der Waals surface area contributed by atoms with E-state index in [9.17, 15) is 14.4 Å². The molecule has 1 heterocycles. The molecule has 1 aliphatic carbocycles. The normalized spacial score (nSPS) is 14.9. The average Bonchev–Trinajstić information content (AvgIpc) is 3.22. The van der Waals surface area contributed by atoms with Gasteiger partial charge in [0, 0.05) is 5.02 Å². The van der Waals surface area contributed by atoms with Gasteiger partial charge in [-0.25, -0.2) is 4.79 Å². The van der Waals surface area contributed by atoms with Gasteiger partial charge in [-0.2, -0.15) is 0 Å². The highest BCUT2D eigenvalue weighted by Gasteiger charge is 2.24. The summed E-state index contributed by atoms with van der Waals surface area (Å²) >= 11 is 6.08. The number of halogens is 1. The molecular weight excluding hydrogens is 438 g/mol. The fraction of sp³-hybridized carbons (Fsp3) is 0.192. The van der Waals surface area contributed by atoms with E-state index in [0.717, 1.165) is 28.5 Å². The minimum Gasteiger partial charge on any atom is -0.348 e. The van der Waals surface area contributed by atoms with Crippen molar-refractivity contribution in [3.8, 4) is 0 Å². The SMILES string of the molecule is O=C(Cn1c(=O)n(Cc2cccc(Cl)c2)c(=O)c2ccccc21)N[C@@H]1CCc2ccccc21. The topological polar surface area (TPSA) is 73.1 Å². The Hall–Kier alpha value is -3.64. The van der Waals surface area contributed by atoms with Crippen LogP contribution in [0.5, 0.6) is 0 Å². The average molecular weight is 460 g/mol. The zero-order valence-electron chi connectivity index (χ0n) is 17.8. The summed E-state index contributed by atoms with van der Waals surface area (Å²) in [6, 6.07) is 21.9. The van der Waals surface area contributed by atoms with Gasteiger partial charge >= 0.3 is 5.69 Å². The number of rotatable bonds is 5. The maximum absolute atomic E-state index is 13.4. The maximum Gasteiger partial charge on any atom is 0.332 e. The lowest BCUT2D eigenvalue weighted by Crippen LogP contribution is -2.43. The van der Waals surface area contributed by atoms with Crippen molar-refractivity contribution >= 4 is 28.4 Å². The first kappa shape index (κ1) is 21.2. The molecular formula is C26H22ClN3O3. The fourth-order valence-electron chi connectivity index (χ4n) is 4.57. The first-order valence-corrected chi connectivity index (χ1v) is 11.2. The third-order valence-electron chi connectivity index (χ3n) is 6.13. The predicted octanol–water partition coefficient (Wildman–Crippen LogP) is 3.67. The van der Waals surface area contributed by atoms with Crippen molar-refractivity contribution in [3.63, 3.8) is 0 Å². The van der Waals surface area contributed by atoms with Gasteiger partial charge < -0.3 is 5.32 Å². The van der Waals surface area contributed by atoms with E-state index in [0.29, 0.717) is 15.9 Å². The molecule has 0 radical (unpaired) electrons. The zero-order valence-corrected chi connectivity index (χ0v) is 18.6. The van der Waals surface area contributed by atoms with Gasteiger partial charge in [0.2, 0.25) is 5.91 Å². The van der Waals surface area contributed by atoms with Gasteiger partial charge in [0.05, 0.1) is 23.5 Å². The first-order chi connectivity index (χ1) is 16.0. The Balaban J connectivity index is 1.50. The summed E-state index contributed by atoms with van der Waals surface area (Å²) in [4.78, 5) is 39.5. The van der Waals surface area contributed by atoms with Crippen molar-refractivity contribution in [2.45, 2.75) is 32.0 Å². The molecule has 1 atom stereocenters. The number of hydrogen-bond donors (Lipinski definition) is 1. The van der Waals surface area contributed by atoms with E-state index >= 15 is 0 Å². The third-order valence-corrected chi connectivity index (χ3v) is 6.37. The summed E-state index contributed by atoms with van der Waals surface area (Å²) < 4.78 is 2.53. The molecule has 3 aromatic carbocycles. The van der Waals surface area contributed by atoms with Crippen LogP contribution in [0, 0.1) is 0 Å². The molecule has 1 aliphatic rings. The molecule has 33 heavy (non-hydrogen) atoms. The van der Waals surface area contributed by atoms with Crippen LogP contribution in [0.4, 0.5) is 0 Å². The van der Waals surface area contributed by atoms with Crippen LogP contribution in [0.3, 0.4) is 0 Å². The summed E-state index contributed by atoms with van der Waals surface area (Å²) in [7, 11) is 0. The molecule has 0 aliphatic heterocycles. The van der Waals surface area contributed by atoms with Gasteiger partial charge in [-0.3, -0.25) is 18.7 Å². The molecule has 1 amide bonds. The smallest absolute Gasteiger partial charge is 0.332 e. The minimum absolute atomic E-state index is 0.0701. The van der Waals surface area contributed by atoms with E-state index < -0.39 is 11.2 Å². The number of aryl methyl sites for hydroxylation is 1. The Bertz CT molecular complexity index is 1490. The molecule has 0 bridgehead atoms. The number of aromatic nitrogens is 2. The summed E-state index contributed by atoms with van der Waals surface area (Å²) in [5, 5.41) is 3.98. The Kier molecular flexibility index (Phi) is 5.60. The van der Waals surface area contributed by atoms with Crippen LogP contribution in [0.25, 0.3) is 10.9 Å². The zero-order chi connectivity index (χ0) is 22.9. The second-order valence-corrected chi connectivity index (χ2v) is 8.70. The molecule has 0 saturated carbocycles. The molecule has 1 aromatic heterocycles. The lowest BCUT2D eigenvalue weighted by atomic mass is 10.1. The number of carbonyl (C=O) groups excluding carboxylic acids is 1. The molecule has 0 fully saturated rings. The Labute approximate surface area is 195 Å². The van der Waals surface area contributed by atoms with Crippen molar-refractivity contribution in [2.75, 3.05) is 0 Å². The van der Waals surface area contributed by atoms with Crippen molar-refractivity contribution in [1.29, 1.82) is 0 Å². The molecule has 5 rings (SSSR count). The van der Waals surface area contributed by atoms with E-state index in [-0.39, 0.29) is 25.0 Å². The van der Waals surface area contributed by atoms with Crippen molar-refractivity contribution in [1.82, 2.24) is 14.5 Å². The fourth-order valence-corrected chi connectivity index (χ4v) is 4.78. The number of benzene rings is 3. The van der Waals surface area contributed by atoms with Crippen LogP contribution in [0.15, 0.2) is 82.4 Å². The van der Waals surface area contributed by atoms with Gasteiger partial charge in [0.15, 0.2) is 0 Å². The summed E-state index contributed by atoms with van der Waals surface area (Å²) in [6.45, 7) is -0.103. The molecule has 4 aromatic rings. The number of carbonyl (C=O) groups is 1. The van der Waals surface area contributed by atoms with Gasteiger partial charge in [-0.15, -0.1) is 0 Å². The first-order valence-electron chi connectivity index (χ1n) is 10.9. The Morgan fingerprint density at radius 1 is 0.970 bits per heavy atom. The predicted molar refractivity (Wildman–Crippen MR) is 129 cm³/mol. The van der Waals surface area contributed by atoms with Crippen LogP contribution in [0.2, 0.25) is 5.02 Å². The highest BCUT2D eigenvalue weighted by molar-refractivity contribution is 6.30. The lowest BCUT2D eigenvalue weighted by molar-refractivity contribution is -0.122. The van der Waals surface area contributed by atoms with Crippen LogP contribution in [0.1, 0.15) is 29.2 Å². The van der Waals surface area contributed by atoms with E-state index in [1.807, 2.05) is 24.3 Å². The lowest BCUT2D eigenvalue weighted by Gasteiger charge is -2.17. The molecule has 7 heteroatoms. The second kappa shape index (κ2) is 8.71. The summed E-state index contributed by atoms with van der Waals surface area (Å²) in [5.74, 6) is -0.267. The van der Waals surface area contributed by atoms with Crippen molar-refractivity contribution < 1.29 is 4.79 Å². The number of fused-ring (bicyclic) bond motifs is 2. The van der Waals surface area contributed by atoms with Gasteiger partial charge in [-0.05, 0) is 53.8 Å². The quantitative estimate of drug-likeness (QED) is 0.495. The van der Waals surface area contributed by atoms with E-state index in [2.05, 4.69) is 11.4 Å². The van der Waals surface area contributed by atoms with Gasteiger partial charge in [0.25, 0.3) is 5.56 Å². The summed E-state index contributed by atoms with van der Waals surface area (Å²) in [5.41, 5.74) is 2.61. The minimum atomic E-state index is -0.527. The molecule has 0 spiro atoms. The largest absolute Gasteiger partial charge is 0.348 e. The molecule has 6 nitrogen and oxygen atoms in total. The van der Waals surface area contributed by atoms with Crippen LogP contribution in [-0.2, 0) is 24.3 Å².